The molecule has 1 fully saturated rings. The Bertz CT molecular complexity index is 495. The lowest BCUT2D eigenvalue weighted by atomic mass is 9.88. The van der Waals surface area contributed by atoms with Crippen LogP contribution in [-0.2, 0) is 11.2 Å². The molecular formula is C17H25NO3. The van der Waals surface area contributed by atoms with Gasteiger partial charge in [-0.05, 0) is 56.5 Å². The van der Waals surface area contributed by atoms with Gasteiger partial charge in [0.15, 0.2) is 0 Å². The zero-order valence-corrected chi connectivity index (χ0v) is 13.1. The molecule has 21 heavy (non-hydrogen) atoms. The molecule has 2 rings (SSSR count). The van der Waals surface area contributed by atoms with Crippen LogP contribution in [0.25, 0.3) is 0 Å². The number of ether oxygens (including phenoxy) is 1. The van der Waals surface area contributed by atoms with Crippen LogP contribution in [0.2, 0.25) is 0 Å². The van der Waals surface area contributed by atoms with Crippen molar-refractivity contribution in [1.29, 1.82) is 0 Å². The fourth-order valence-electron chi connectivity index (χ4n) is 2.80. The lowest BCUT2D eigenvalue weighted by Crippen LogP contribution is -2.15. The molecule has 1 aliphatic carbocycles. The van der Waals surface area contributed by atoms with Crippen LogP contribution in [-0.4, -0.2) is 43.7 Å². The molecule has 116 valence electrons. The van der Waals surface area contributed by atoms with Crippen LogP contribution in [0.5, 0.6) is 5.75 Å². The van der Waals surface area contributed by atoms with Crippen LogP contribution in [0.15, 0.2) is 18.2 Å². The predicted molar refractivity (Wildman–Crippen MR) is 83.0 cm³/mol. The fourth-order valence-corrected chi connectivity index (χ4v) is 2.80. The van der Waals surface area contributed by atoms with Crippen molar-refractivity contribution < 1.29 is 14.6 Å². The third-order valence-corrected chi connectivity index (χ3v) is 4.13. The van der Waals surface area contributed by atoms with E-state index in [-0.39, 0.29) is 12.3 Å². The maximum absolute atomic E-state index is 11.2. The quantitative estimate of drug-likeness (QED) is 0.800. The van der Waals surface area contributed by atoms with Gasteiger partial charge in [0, 0.05) is 12.5 Å². The third-order valence-electron chi connectivity index (χ3n) is 4.13. The highest BCUT2D eigenvalue weighted by Crippen LogP contribution is 2.47. The van der Waals surface area contributed by atoms with Crippen molar-refractivity contribution in [2.75, 3.05) is 27.7 Å². The monoisotopic (exact) mass is 291 g/mol. The van der Waals surface area contributed by atoms with Crippen molar-refractivity contribution in [2.24, 2.45) is 5.92 Å². The molecule has 4 heteroatoms. The number of benzene rings is 1. The van der Waals surface area contributed by atoms with E-state index >= 15 is 0 Å². The predicted octanol–water partition coefficient (Wildman–Crippen LogP) is 2.77. The van der Waals surface area contributed by atoms with Gasteiger partial charge in [0.05, 0.1) is 13.5 Å². The SMILES string of the molecule is COc1ccc(CCN(C)C)cc1C(CC(=O)O)C1CC1. The van der Waals surface area contributed by atoms with Gasteiger partial charge in [0.1, 0.15) is 5.75 Å². The van der Waals surface area contributed by atoms with Crippen LogP contribution in [0.4, 0.5) is 0 Å². The molecule has 1 N–H and O–H groups in total. The van der Waals surface area contributed by atoms with E-state index in [4.69, 9.17) is 4.74 Å². The summed E-state index contributed by atoms with van der Waals surface area (Å²) in [4.78, 5) is 13.3. The van der Waals surface area contributed by atoms with Gasteiger partial charge in [-0.2, -0.15) is 0 Å². The molecule has 0 saturated heterocycles. The molecule has 0 amide bonds. The summed E-state index contributed by atoms with van der Waals surface area (Å²) in [5.74, 6) is 0.672. The summed E-state index contributed by atoms with van der Waals surface area (Å²) in [6.07, 6.45) is 3.42. The van der Waals surface area contributed by atoms with E-state index in [1.165, 1.54) is 5.56 Å². The normalized spacial score (nSPS) is 16.0. The number of hydrogen-bond acceptors (Lipinski definition) is 3. The Morgan fingerprint density at radius 3 is 2.67 bits per heavy atom. The summed E-state index contributed by atoms with van der Waals surface area (Å²) >= 11 is 0. The van der Waals surface area contributed by atoms with Crippen molar-refractivity contribution in [3.05, 3.63) is 29.3 Å². The number of methoxy groups -OCH3 is 1. The molecule has 4 nitrogen and oxygen atoms in total. The topological polar surface area (TPSA) is 49.8 Å². The number of rotatable bonds is 8. The maximum Gasteiger partial charge on any atom is 0.303 e. The van der Waals surface area contributed by atoms with E-state index in [1.807, 2.05) is 6.07 Å². The first kappa shape index (κ1) is 15.8. The van der Waals surface area contributed by atoms with Gasteiger partial charge in [-0.15, -0.1) is 0 Å². The number of aliphatic carboxylic acids is 1. The van der Waals surface area contributed by atoms with E-state index in [2.05, 4.69) is 31.1 Å². The Labute approximate surface area is 126 Å². The molecular weight excluding hydrogens is 266 g/mol. The van der Waals surface area contributed by atoms with Gasteiger partial charge in [-0.25, -0.2) is 0 Å². The average molecular weight is 291 g/mol. The van der Waals surface area contributed by atoms with Gasteiger partial charge in [-0.3, -0.25) is 4.79 Å². The standard InChI is InChI=1S/C17H25NO3/c1-18(2)9-8-12-4-7-16(21-3)15(10-12)14(11-17(19)20)13-5-6-13/h4,7,10,13-14H,5-6,8-9,11H2,1-3H3,(H,19,20). The molecule has 1 aliphatic rings. The van der Waals surface area contributed by atoms with Crippen LogP contribution >= 0.6 is 0 Å². The molecule has 0 aliphatic heterocycles. The minimum atomic E-state index is -0.729. The van der Waals surface area contributed by atoms with Gasteiger partial charge < -0.3 is 14.7 Å². The van der Waals surface area contributed by atoms with Crippen molar-refractivity contribution in [3.8, 4) is 5.75 Å². The Morgan fingerprint density at radius 2 is 2.14 bits per heavy atom. The summed E-state index contributed by atoms with van der Waals surface area (Å²) in [6, 6.07) is 6.21. The van der Waals surface area contributed by atoms with E-state index in [0.29, 0.717) is 5.92 Å². The number of carboxylic acid groups (broad SMARTS) is 1. The molecule has 1 atom stereocenters. The van der Waals surface area contributed by atoms with E-state index in [9.17, 15) is 9.90 Å². The van der Waals surface area contributed by atoms with Crippen molar-refractivity contribution in [2.45, 2.75) is 31.6 Å². The first-order valence-corrected chi connectivity index (χ1v) is 7.54. The Kier molecular flexibility index (Phi) is 5.23. The maximum atomic E-state index is 11.2. The first-order chi connectivity index (χ1) is 10.0. The second-order valence-corrected chi connectivity index (χ2v) is 6.17. The van der Waals surface area contributed by atoms with E-state index < -0.39 is 5.97 Å². The zero-order chi connectivity index (χ0) is 15.4. The van der Waals surface area contributed by atoms with Gasteiger partial charge >= 0.3 is 5.97 Å². The Morgan fingerprint density at radius 1 is 1.43 bits per heavy atom. The summed E-state index contributed by atoms with van der Waals surface area (Å²) in [7, 11) is 5.77. The largest absolute Gasteiger partial charge is 0.496 e. The van der Waals surface area contributed by atoms with Gasteiger partial charge in [0.2, 0.25) is 0 Å². The van der Waals surface area contributed by atoms with E-state index in [1.54, 1.807) is 7.11 Å². The zero-order valence-electron chi connectivity index (χ0n) is 13.1. The number of carboxylic acids is 1. The third kappa shape index (κ3) is 4.46. The molecule has 0 heterocycles. The summed E-state index contributed by atoms with van der Waals surface area (Å²) in [6.45, 7) is 0.985. The first-order valence-electron chi connectivity index (χ1n) is 7.54. The summed E-state index contributed by atoms with van der Waals surface area (Å²) < 4.78 is 5.46. The van der Waals surface area contributed by atoms with Crippen LogP contribution in [0, 0.1) is 5.92 Å². The number of likely N-dealkylation sites (N-methyl/N-ethyl adjacent to an activating group) is 1. The van der Waals surface area contributed by atoms with Crippen molar-refractivity contribution in [1.82, 2.24) is 4.90 Å². The van der Waals surface area contributed by atoms with Crippen LogP contribution in [0.3, 0.4) is 0 Å². The molecule has 1 unspecified atom stereocenters. The molecule has 0 bridgehead atoms. The number of carbonyl (C=O) groups is 1. The second kappa shape index (κ2) is 6.94. The minimum Gasteiger partial charge on any atom is -0.496 e. The second-order valence-electron chi connectivity index (χ2n) is 6.17. The number of nitrogens with zero attached hydrogens (tertiary/aromatic N) is 1. The Hall–Kier alpha value is -1.55. The molecule has 0 radical (unpaired) electrons. The lowest BCUT2D eigenvalue weighted by molar-refractivity contribution is -0.137. The van der Waals surface area contributed by atoms with Crippen molar-refractivity contribution in [3.63, 3.8) is 0 Å². The highest BCUT2D eigenvalue weighted by Gasteiger charge is 2.35. The lowest BCUT2D eigenvalue weighted by Gasteiger charge is -2.19. The fraction of sp³-hybridized carbons (Fsp3) is 0.588. The molecule has 1 aromatic carbocycles. The molecule has 0 spiro atoms. The van der Waals surface area contributed by atoms with E-state index in [0.717, 1.165) is 37.1 Å². The molecule has 1 aromatic rings. The van der Waals surface area contributed by atoms with Gasteiger partial charge in [-0.1, -0.05) is 12.1 Å². The van der Waals surface area contributed by atoms with Crippen LogP contribution in [0.1, 0.15) is 36.3 Å². The molecule has 0 aromatic heterocycles. The number of hydrogen-bond donors (Lipinski definition) is 1. The summed E-state index contributed by atoms with van der Waals surface area (Å²) in [5.41, 5.74) is 2.31. The minimum absolute atomic E-state index is 0.0803. The summed E-state index contributed by atoms with van der Waals surface area (Å²) in [5, 5.41) is 9.18. The van der Waals surface area contributed by atoms with Crippen molar-refractivity contribution >= 4 is 5.97 Å². The average Bonchev–Trinajstić information content (AvgIpc) is 3.26. The smallest absolute Gasteiger partial charge is 0.303 e. The van der Waals surface area contributed by atoms with Crippen LogP contribution < -0.4 is 4.74 Å². The van der Waals surface area contributed by atoms with Gasteiger partial charge in [0.25, 0.3) is 0 Å². The highest BCUT2D eigenvalue weighted by atomic mass is 16.5. The highest BCUT2D eigenvalue weighted by molar-refractivity contribution is 5.68. The molecule has 1 saturated carbocycles. The Balaban J connectivity index is 2.24.